The van der Waals surface area contributed by atoms with Gasteiger partial charge in [0.1, 0.15) is 0 Å². The van der Waals surface area contributed by atoms with E-state index in [4.69, 9.17) is 13.1 Å². The summed E-state index contributed by atoms with van der Waals surface area (Å²) in [6.45, 7) is 23.5. The number of hydrogen-bond acceptors (Lipinski definition) is 0. The summed E-state index contributed by atoms with van der Waals surface area (Å²) in [5.74, 6) is 0. The maximum Gasteiger partial charge on any atom is 0.417 e. The van der Waals surface area contributed by atoms with Crippen molar-refractivity contribution in [1.82, 2.24) is 9.13 Å². The van der Waals surface area contributed by atoms with Gasteiger partial charge < -0.3 is 9.13 Å². The highest BCUT2D eigenvalue weighted by atomic mass is 19.4. The molecule has 2 heterocycles. The smallest absolute Gasteiger partial charge is 0.310 e. The van der Waals surface area contributed by atoms with Crippen molar-refractivity contribution >= 4 is 55.0 Å². The van der Waals surface area contributed by atoms with Gasteiger partial charge in [-0.05, 0) is 198 Å². The minimum Gasteiger partial charge on any atom is -0.310 e. The van der Waals surface area contributed by atoms with Gasteiger partial charge in [-0.1, -0.05) is 114 Å². The fraction of sp³-hybridized carbons (Fsp3) is 0.117. The molecule has 0 aliphatic heterocycles. The average Bonchev–Trinajstić information content (AvgIpc) is 1.55. The van der Waals surface area contributed by atoms with Gasteiger partial charge in [0, 0.05) is 32.8 Å². The zero-order valence-electron chi connectivity index (χ0n) is 50.5. The molecule has 0 radical (unpaired) electrons. The van der Waals surface area contributed by atoms with E-state index in [0.29, 0.717) is 73.0 Å². The molecule has 0 atom stereocenters. The summed E-state index contributed by atoms with van der Waals surface area (Å²) in [5, 5.41) is 1.13. The molecule has 19 heteroatoms. The minimum absolute atomic E-state index is 0.000309. The van der Waals surface area contributed by atoms with Crippen LogP contribution in [0.15, 0.2) is 200 Å². The topological polar surface area (TPSA) is 18.6 Å². The molecule has 478 valence electrons. The Morgan fingerprint density at radius 3 is 1.08 bits per heavy atom. The zero-order valence-corrected chi connectivity index (χ0v) is 50.5. The fourth-order valence-corrected chi connectivity index (χ4v) is 13.1. The summed E-state index contributed by atoms with van der Waals surface area (Å²) in [6.07, 6.45) is -24.8. The van der Waals surface area contributed by atoms with Gasteiger partial charge in [0.25, 0.3) is 0 Å². The van der Waals surface area contributed by atoms with Crippen LogP contribution in [0.1, 0.15) is 50.1 Å². The predicted molar refractivity (Wildman–Crippen MR) is 344 cm³/mol. The molecule has 0 fully saturated rings. The van der Waals surface area contributed by atoms with Crippen LogP contribution in [0.5, 0.6) is 0 Å². The van der Waals surface area contributed by atoms with E-state index in [1.54, 1.807) is 96.4 Å². The van der Waals surface area contributed by atoms with Crippen LogP contribution in [0, 0.1) is 40.8 Å². The molecule has 13 aromatic rings. The Balaban J connectivity index is 1.14. The lowest BCUT2D eigenvalue weighted by Gasteiger charge is -2.21. The van der Waals surface area contributed by atoms with E-state index < -0.39 is 64.3 Å². The number of benzene rings is 11. The lowest BCUT2D eigenvalue weighted by molar-refractivity contribution is -0.143. The molecule has 0 N–H and O–H groups in total. The highest BCUT2D eigenvalue weighted by Crippen LogP contribution is 2.51. The number of halogens is 15. The molecule has 0 bridgehead atoms. The van der Waals surface area contributed by atoms with E-state index in [-0.39, 0.29) is 89.4 Å². The molecular weight excluding hydrogens is 1270 g/mol. The molecule has 0 aliphatic rings. The highest BCUT2D eigenvalue weighted by Gasteiger charge is 2.40. The third-order valence-corrected chi connectivity index (χ3v) is 17.4. The Kier molecular flexibility index (Phi) is 15.2. The van der Waals surface area contributed by atoms with Crippen molar-refractivity contribution < 1.29 is 65.9 Å². The molecule has 13 rings (SSSR count). The Morgan fingerprint density at radius 1 is 0.292 bits per heavy atom. The van der Waals surface area contributed by atoms with Crippen molar-refractivity contribution in [1.29, 1.82) is 0 Å². The second kappa shape index (κ2) is 22.9. The first-order valence-electron chi connectivity index (χ1n) is 29.4. The predicted octanol–water partition coefficient (Wildman–Crippen LogP) is 25.3. The molecule has 0 spiro atoms. The van der Waals surface area contributed by atoms with Gasteiger partial charge in [-0.25, -0.2) is 9.69 Å². The highest BCUT2D eigenvalue weighted by molar-refractivity contribution is 6.15. The van der Waals surface area contributed by atoms with Crippen LogP contribution in [0.2, 0.25) is 0 Å². The van der Waals surface area contributed by atoms with Crippen LogP contribution in [0.4, 0.5) is 77.2 Å². The monoisotopic (exact) mass is 1310 g/mol. The molecule has 0 amide bonds. The number of alkyl halides is 15. The van der Waals surface area contributed by atoms with Crippen LogP contribution in [-0.4, -0.2) is 9.13 Å². The summed E-state index contributed by atoms with van der Waals surface area (Å²) < 4.78 is 223. The van der Waals surface area contributed by atoms with Crippen LogP contribution < -0.4 is 0 Å². The third-order valence-electron chi connectivity index (χ3n) is 17.4. The van der Waals surface area contributed by atoms with E-state index in [1.807, 2.05) is 4.57 Å². The summed E-state index contributed by atoms with van der Waals surface area (Å²) in [5.41, 5.74) is -1.01. The number of fused-ring (bicyclic) bond motifs is 6. The van der Waals surface area contributed by atoms with Gasteiger partial charge in [-0.2, -0.15) is 65.9 Å². The van der Waals surface area contributed by atoms with E-state index in [1.165, 1.54) is 93.6 Å². The number of aromatic nitrogens is 2. The lowest BCUT2D eigenvalue weighted by atomic mass is 9.93. The quantitative estimate of drug-likeness (QED) is 0.107. The molecule has 4 nitrogen and oxygen atoms in total. The van der Waals surface area contributed by atoms with Crippen molar-refractivity contribution in [2.75, 3.05) is 0 Å². The maximum atomic E-state index is 15.0. The standard InChI is InChI=1S/C77H45F15N4/c1-40-10-20-52(61(30-40)75(84,85)86)45-14-26-67-57(35-45)56-34-44(51-23-18-49(33-43(51)4)73(78,79)80)13-25-66(56)95(67)70-29-17-48(55-22-12-42(3)32-65(55)94-6)38-60(70)72-64(93-5)8-7-9-71(72)96-68-27-15-46(53-21-11-41(2)31-62(53)76(87,88)89)36-58(68)59-37-47(16-28-69(59)96)54-24-19-50(74(81,82)83)39-63(54)77(90,91)92/h7-39H,1-4H3. The zero-order chi connectivity index (χ0) is 68.5. The van der Waals surface area contributed by atoms with Crippen molar-refractivity contribution in [2.24, 2.45) is 0 Å². The van der Waals surface area contributed by atoms with Crippen molar-refractivity contribution in [3.8, 4) is 78.1 Å². The third kappa shape index (κ3) is 11.2. The Morgan fingerprint density at radius 2 is 0.656 bits per heavy atom. The first-order chi connectivity index (χ1) is 45.3. The van der Waals surface area contributed by atoms with Gasteiger partial charge in [0.15, 0.2) is 11.4 Å². The number of rotatable bonds is 8. The Labute approximate surface area is 537 Å². The molecule has 96 heavy (non-hydrogen) atoms. The second-order valence-electron chi connectivity index (χ2n) is 23.6. The van der Waals surface area contributed by atoms with Gasteiger partial charge in [0.05, 0.1) is 68.7 Å². The lowest BCUT2D eigenvalue weighted by Crippen LogP contribution is -2.12. The molecular formula is C77H45F15N4. The average molecular weight is 1310 g/mol. The fourth-order valence-electron chi connectivity index (χ4n) is 13.1. The van der Waals surface area contributed by atoms with Crippen molar-refractivity contribution in [3.63, 3.8) is 0 Å². The Hall–Kier alpha value is -11.1. The molecule has 0 saturated carbocycles. The molecule has 0 aliphatic carbocycles. The van der Waals surface area contributed by atoms with Crippen molar-refractivity contribution in [2.45, 2.75) is 58.6 Å². The Bertz CT molecular complexity index is 5480. The van der Waals surface area contributed by atoms with E-state index >= 15 is 26.3 Å². The van der Waals surface area contributed by atoms with Crippen LogP contribution in [0.3, 0.4) is 0 Å². The van der Waals surface area contributed by atoms with Crippen LogP contribution >= 0.6 is 0 Å². The second-order valence-corrected chi connectivity index (χ2v) is 23.6. The summed E-state index contributed by atoms with van der Waals surface area (Å²) in [7, 11) is 0. The minimum atomic E-state index is -5.31. The van der Waals surface area contributed by atoms with E-state index in [2.05, 4.69) is 9.69 Å². The molecule has 0 saturated heterocycles. The number of nitrogens with zero attached hydrogens (tertiary/aromatic N) is 4. The van der Waals surface area contributed by atoms with Crippen molar-refractivity contribution in [3.05, 3.63) is 273 Å². The summed E-state index contributed by atoms with van der Waals surface area (Å²) in [4.78, 5) is 7.90. The first kappa shape index (κ1) is 63.7. The van der Waals surface area contributed by atoms with Gasteiger partial charge in [0.2, 0.25) is 0 Å². The number of aryl methyl sites for hydroxylation is 4. The van der Waals surface area contributed by atoms with E-state index in [0.717, 1.165) is 29.8 Å². The van der Waals surface area contributed by atoms with Gasteiger partial charge in [-0.3, -0.25) is 0 Å². The molecule has 2 aromatic heterocycles. The van der Waals surface area contributed by atoms with Gasteiger partial charge in [-0.15, -0.1) is 0 Å². The van der Waals surface area contributed by atoms with Crippen LogP contribution in [-0.2, 0) is 30.9 Å². The SMILES string of the molecule is [C-]#[N+]c1cc(C)ccc1-c1ccc(-n2c3ccc(-c4ccc(C(F)(F)F)cc4C)cc3c3cc(-c4ccc(C)cc4C(F)(F)F)ccc32)c(-c2c([N+]#[C-])cccc2-n2c3ccc(-c4ccc(C)cc4C(F)(F)F)cc3c3cc(-c4ccc(C(F)(F)F)cc4C(F)(F)F)ccc32)c1. The maximum absolute atomic E-state index is 15.0. The van der Waals surface area contributed by atoms with E-state index in [9.17, 15) is 39.5 Å². The van der Waals surface area contributed by atoms with Gasteiger partial charge >= 0.3 is 30.9 Å². The first-order valence-corrected chi connectivity index (χ1v) is 29.4. The van der Waals surface area contributed by atoms with Crippen LogP contribution in [0.25, 0.3) is 131 Å². The summed E-state index contributed by atoms with van der Waals surface area (Å²) in [6, 6.07) is 45.7. The largest absolute Gasteiger partial charge is 0.417 e. The summed E-state index contributed by atoms with van der Waals surface area (Å²) >= 11 is 0. The normalized spacial score (nSPS) is 12.5. The molecule has 11 aromatic carbocycles. The molecule has 0 unspecified atom stereocenters. The number of hydrogen-bond donors (Lipinski definition) is 0.